The number of hydrogen-bond acceptors (Lipinski definition) is 5. The van der Waals surface area contributed by atoms with Gasteiger partial charge in [0.05, 0.1) is 0 Å². The second-order valence-electron chi connectivity index (χ2n) is 7.68. The van der Waals surface area contributed by atoms with Gasteiger partial charge in [-0.3, -0.25) is 9.69 Å². The van der Waals surface area contributed by atoms with Gasteiger partial charge in [-0.15, -0.1) is 4.91 Å². The number of carbonyl (C=O) groups is 2. The van der Waals surface area contributed by atoms with Gasteiger partial charge in [0, 0.05) is 24.8 Å². The smallest absolute Gasteiger partial charge is 0.410 e. The second kappa shape index (κ2) is 10.5. The van der Waals surface area contributed by atoms with Crippen molar-refractivity contribution >= 4 is 12.0 Å². The summed E-state index contributed by atoms with van der Waals surface area (Å²) in [6, 6.07) is -0.658. The molecule has 0 N–H and O–H groups in total. The molecule has 1 heterocycles. The molecule has 0 aromatic rings. The molecule has 0 radical (unpaired) electrons. The summed E-state index contributed by atoms with van der Waals surface area (Å²) in [5.41, 5.74) is -0.588. The molecule has 7 nitrogen and oxygen atoms in total. The van der Waals surface area contributed by atoms with Crippen molar-refractivity contribution in [2.24, 2.45) is 5.18 Å². The van der Waals surface area contributed by atoms with E-state index in [0.29, 0.717) is 13.1 Å². The average molecular weight is 355 g/mol. The molecule has 7 heteroatoms. The van der Waals surface area contributed by atoms with Crippen LogP contribution >= 0.6 is 0 Å². The molecule has 0 aromatic heterocycles. The van der Waals surface area contributed by atoms with E-state index in [1.165, 1.54) is 30.6 Å². The highest BCUT2D eigenvalue weighted by Gasteiger charge is 2.36. The van der Waals surface area contributed by atoms with E-state index >= 15 is 0 Å². The van der Waals surface area contributed by atoms with Crippen LogP contribution in [0.1, 0.15) is 66.2 Å². The zero-order chi connectivity index (χ0) is 18.9. The van der Waals surface area contributed by atoms with E-state index in [2.05, 4.69) is 12.1 Å². The summed E-state index contributed by atoms with van der Waals surface area (Å²) in [6.07, 6.45) is 6.55. The molecule has 1 aliphatic rings. The minimum Gasteiger partial charge on any atom is -0.444 e. The molecular weight excluding hydrogens is 322 g/mol. The monoisotopic (exact) mass is 355 g/mol. The number of hydrogen-bond donors (Lipinski definition) is 0. The maximum atomic E-state index is 12.2. The summed E-state index contributed by atoms with van der Waals surface area (Å²) < 4.78 is 5.36. The van der Waals surface area contributed by atoms with Gasteiger partial charge in [-0.25, -0.2) is 4.79 Å². The molecule has 0 unspecified atom stereocenters. The minimum absolute atomic E-state index is 0.162. The van der Waals surface area contributed by atoms with Crippen LogP contribution in [0, 0.1) is 4.91 Å². The van der Waals surface area contributed by atoms with Crippen molar-refractivity contribution in [1.82, 2.24) is 9.80 Å². The fraction of sp³-hybridized carbons (Fsp3) is 0.889. The summed E-state index contributed by atoms with van der Waals surface area (Å²) in [5, 5.41) is 2.59. The van der Waals surface area contributed by atoms with Crippen molar-refractivity contribution in [3.63, 3.8) is 0 Å². The summed E-state index contributed by atoms with van der Waals surface area (Å²) in [6.45, 7) is 9.55. The number of nitrogens with zero attached hydrogens (tertiary/aromatic N) is 3. The van der Waals surface area contributed by atoms with Crippen molar-refractivity contribution in [2.75, 3.05) is 26.2 Å². The molecule has 1 rings (SSSR count). The number of ether oxygens (including phenoxy) is 1. The van der Waals surface area contributed by atoms with Crippen LogP contribution in [0.2, 0.25) is 0 Å². The van der Waals surface area contributed by atoms with Gasteiger partial charge in [0.25, 0.3) is 0 Å². The maximum Gasteiger partial charge on any atom is 0.410 e. The van der Waals surface area contributed by atoms with Gasteiger partial charge in [-0.2, -0.15) is 0 Å². The van der Waals surface area contributed by atoms with Gasteiger partial charge in [0.15, 0.2) is 0 Å². The van der Waals surface area contributed by atoms with Crippen LogP contribution < -0.4 is 0 Å². The van der Waals surface area contributed by atoms with Crippen molar-refractivity contribution in [1.29, 1.82) is 0 Å². The molecule has 1 atom stereocenters. The molecule has 25 heavy (non-hydrogen) atoms. The van der Waals surface area contributed by atoms with Gasteiger partial charge < -0.3 is 9.64 Å². The Morgan fingerprint density at radius 2 is 1.72 bits per heavy atom. The molecule has 144 valence electrons. The number of rotatable bonds is 8. The Hall–Kier alpha value is -1.50. The van der Waals surface area contributed by atoms with E-state index in [0.717, 1.165) is 19.4 Å². The third kappa shape index (κ3) is 7.94. The van der Waals surface area contributed by atoms with Crippen molar-refractivity contribution < 1.29 is 14.3 Å². The fourth-order valence-electron chi connectivity index (χ4n) is 2.97. The van der Waals surface area contributed by atoms with E-state index in [1.807, 2.05) is 4.90 Å². The molecule has 0 aromatic carbocycles. The van der Waals surface area contributed by atoms with E-state index in [9.17, 15) is 14.5 Å². The van der Waals surface area contributed by atoms with E-state index < -0.39 is 23.6 Å². The highest BCUT2D eigenvalue weighted by molar-refractivity contribution is 5.83. The largest absolute Gasteiger partial charge is 0.444 e. The molecular formula is C18H33N3O4. The zero-order valence-corrected chi connectivity index (χ0v) is 16.1. The first-order chi connectivity index (χ1) is 11.8. The lowest BCUT2D eigenvalue weighted by Crippen LogP contribution is -2.58. The standard InChI is InChI=1S/C18H33N3O4/c1-5-6-7-8-9-10-11-20-12-13-21(14-15(20)16(22)19-24)17(23)25-18(2,3)4/h15H,5-14H2,1-4H3/t15-/m0/s1. The first-order valence-corrected chi connectivity index (χ1v) is 9.37. The van der Waals surface area contributed by atoms with Crippen molar-refractivity contribution in [2.45, 2.75) is 77.9 Å². The normalized spacial score (nSPS) is 18.9. The Morgan fingerprint density at radius 3 is 2.32 bits per heavy atom. The zero-order valence-electron chi connectivity index (χ0n) is 16.1. The predicted molar refractivity (Wildman–Crippen MR) is 97.3 cm³/mol. The Labute approximate surface area is 151 Å². The second-order valence-corrected chi connectivity index (χ2v) is 7.68. The lowest BCUT2D eigenvalue weighted by Gasteiger charge is -2.39. The molecule has 1 aliphatic heterocycles. The van der Waals surface area contributed by atoms with Crippen LogP contribution in [0.5, 0.6) is 0 Å². The van der Waals surface area contributed by atoms with Gasteiger partial charge in [-0.1, -0.05) is 39.0 Å². The first-order valence-electron chi connectivity index (χ1n) is 9.37. The maximum absolute atomic E-state index is 12.2. The highest BCUT2D eigenvalue weighted by atomic mass is 16.6. The number of carbonyl (C=O) groups excluding carboxylic acids is 2. The molecule has 0 saturated carbocycles. The van der Waals surface area contributed by atoms with Gasteiger partial charge in [-0.05, 0) is 33.7 Å². The molecule has 0 bridgehead atoms. The fourth-order valence-corrected chi connectivity index (χ4v) is 2.97. The van der Waals surface area contributed by atoms with Crippen LogP contribution in [0.25, 0.3) is 0 Å². The average Bonchev–Trinajstić information content (AvgIpc) is 2.55. The molecule has 1 saturated heterocycles. The third-order valence-electron chi connectivity index (χ3n) is 4.32. The Kier molecular flexibility index (Phi) is 9.03. The first kappa shape index (κ1) is 21.5. The molecule has 1 fully saturated rings. The molecule has 2 amide bonds. The van der Waals surface area contributed by atoms with Crippen LogP contribution in [0.3, 0.4) is 0 Å². The van der Waals surface area contributed by atoms with Crippen molar-refractivity contribution in [3.05, 3.63) is 4.91 Å². The SMILES string of the molecule is CCCCCCCCN1CCN(C(=O)OC(C)(C)C)C[C@H]1C(=O)N=O. The van der Waals surface area contributed by atoms with Gasteiger partial charge in [0.1, 0.15) is 11.6 Å². The summed E-state index contributed by atoms with van der Waals surface area (Å²) in [7, 11) is 0. The summed E-state index contributed by atoms with van der Waals surface area (Å²) >= 11 is 0. The van der Waals surface area contributed by atoms with Crippen molar-refractivity contribution in [3.8, 4) is 0 Å². The van der Waals surface area contributed by atoms with Gasteiger partial charge >= 0.3 is 12.0 Å². The van der Waals surface area contributed by atoms with E-state index in [1.54, 1.807) is 20.8 Å². The van der Waals surface area contributed by atoms with Gasteiger partial charge in [0.2, 0.25) is 0 Å². The molecule has 0 aliphatic carbocycles. The Balaban J connectivity index is 2.54. The Bertz CT molecular complexity index is 448. The summed E-state index contributed by atoms with van der Waals surface area (Å²) in [5.74, 6) is -0.709. The van der Waals surface area contributed by atoms with E-state index in [-0.39, 0.29) is 6.54 Å². The topological polar surface area (TPSA) is 79.3 Å². The van der Waals surface area contributed by atoms with Crippen LogP contribution in [0.15, 0.2) is 5.18 Å². The number of amides is 2. The molecule has 0 spiro atoms. The lowest BCUT2D eigenvalue weighted by atomic mass is 10.1. The predicted octanol–water partition coefficient (Wildman–Crippen LogP) is 3.56. The highest BCUT2D eigenvalue weighted by Crippen LogP contribution is 2.17. The number of unbranched alkanes of at least 4 members (excludes halogenated alkanes) is 5. The number of nitroso groups, excluding NO2 is 1. The number of piperazine rings is 1. The summed E-state index contributed by atoms with van der Waals surface area (Å²) in [4.78, 5) is 38.3. The Morgan fingerprint density at radius 1 is 1.08 bits per heavy atom. The van der Waals surface area contributed by atoms with Crippen LogP contribution in [-0.2, 0) is 9.53 Å². The third-order valence-corrected chi connectivity index (χ3v) is 4.32. The quantitative estimate of drug-likeness (QED) is 0.491. The van der Waals surface area contributed by atoms with Crippen LogP contribution in [-0.4, -0.2) is 59.6 Å². The minimum atomic E-state index is -0.709. The van der Waals surface area contributed by atoms with Crippen LogP contribution in [0.4, 0.5) is 4.79 Å². The van der Waals surface area contributed by atoms with E-state index in [4.69, 9.17) is 4.74 Å². The lowest BCUT2D eigenvalue weighted by molar-refractivity contribution is -0.125.